The summed E-state index contributed by atoms with van der Waals surface area (Å²) in [7, 11) is 1.28. The summed E-state index contributed by atoms with van der Waals surface area (Å²) in [6, 6.07) is 11.3. The van der Waals surface area contributed by atoms with Crippen molar-refractivity contribution in [3.8, 4) is 0 Å². The number of hydrogen-bond acceptors (Lipinski definition) is 6. The van der Waals surface area contributed by atoms with Crippen molar-refractivity contribution in [2.45, 2.75) is 13.5 Å². The van der Waals surface area contributed by atoms with Crippen LogP contribution in [0.15, 0.2) is 42.5 Å². The van der Waals surface area contributed by atoms with E-state index in [0.29, 0.717) is 17.9 Å². The number of benzene rings is 2. The maximum Gasteiger partial charge on any atom is 0.411 e. The van der Waals surface area contributed by atoms with Gasteiger partial charge < -0.3 is 10.1 Å². The van der Waals surface area contributed by atoms with E-state index >= 15 is 0 Å². The highest BCUT2D eigenvalue weighted by molar-refractivity contribution is 5.95. The Morgan fingerprint density at radius 1 is 1.16 bits per heavy atom. The normalized spacial score (nSPS) is 10.0. The fraction of sp³-hybridized carbons (Fsp3) is 0.176. The zero-order valence-corrected chi connectivity index (χ0v) is 13.7. The first-order valence-electron chi connectivity index (χ1n) is 7.38. The number of ether oxygens (including phenoxy) is 1. The van der Waals surface area contributed by atoms with Gasteiger partial charge in [-0.2, -0.15) is 0 Å². The minimum absolute atomic E-state index is 0.156. The van der Waals surface area contributed by atoms with Crippen molar-refractivity contribution in [1.29, 1.82) is 0 Å². The predicted octanol–water partition coefficient (Wildman–Crippen LogP) is 3.59. The van der Waals surface area contributed by atoms with E-state index in [1.54, 1.807) is 30.3 Å². The van der Waals surface area contributed by atoms with Crippen molar-refractivity contribution in [2.24, 2.45) is 0 Å². The molecule has 1 amide bonds. The third-order valence-electron chi connectivity index (χ3n) is 3.47. The summed E-state index contributed by atoms with van der Waals surface area (Å²) < 4.78 is 4.50. The number of nitro groups is 1. The van der Waals surface area contributed by atoms with Crippen LogP contribution in [0.3, 0.4) is 0 Å². The number of ketones is 1. The van der Waals surface area contributed by atoms with Crippen molar-refractivity contribution in [3.63, 3.8) is 0 Å². The summed E-state index contributed by atoms with van der Waals surface area (Å²) in [5.41, 5.74) is 1.90. The van der Waals surface area contributed by atoms with Gasteiger partial charge in [0.25, 0.3) is 5.69 Å². The van der Waals surface area contributed by atoms with Gasteiger partial charge in [0.15, 0.2) is 5.78 Å². The van der Waals surface area contributed by atoms with E-state index in [0.717, 1.165) is 5.56 Å². The monoisotopic (exact) mass is 343 g/mol. The molecular formula is C17H17N3O5. The molecule has 2 aromatic carbocycles. The molecule has 0 saturated carbocycles. The van der Waals surface area contributed by atoms with Crippen LogP contribution in [0, 0.1) is 10.1 Å². The van der Waals surface area contributed by atoms with Crippen molar-refractivity contribution < 1.29 is 19.2 Å². The zero-order chi connectivity index (χ0) is 18.4. The third-order valence-corrected chi connectivity index (χ3v) is 3.47. The molecule has 2 aromatic rings. The number of amides is 1. The molecule has 2 N–H and O–H groups in total. The Labute approximate surface area is 144 Å². The lowest BCUT2D eigenvalue weighted by Crippen LogP contribution is -2.10. The second-order valence-corrected chi connectivity index (χ2v) is 5.21. The molecular weight excluding hydrogens is 326 g/mol. The van der Waals surface area contributed by atoms with Gasteiger partial charge in [0.05, 0.1) is 12.0 Å². The van der Waals surface area contributed by atoms with Crippen LogP contribution >= 0.6 is 0 Å². The fourth-order valence-corrected chi connectivity index (χ4v) is 2.12. The van der Waals surface area contributed by atoms with Gasteiger partial charge in [0.2, 0.25) is 0 Å². The summed E-state index contributed by atoms with van der Waals surface area (Å²) >= 11 is 0. The maximum atomic E-state index is 11.4. The minimum Gasteiger partial charge on any atom is -0.453 e. The summed E-state index contributed by atoms with van der Waals surface area (Å²) in [4.78, 5) is 33.1. The van der Waals surface area contributed by atoms with Gasteiger partial charge in [0.1, 0.15) is 5.69 Å². The lowest BCUT2D eigenvalue weighted by Gasteiger charge is -2.09. The molecule has 8 nitrogen and oxygen atoms in total. The Bertz CT molecular complexity index is 802. The molecule has 0 radical (unpaired) electrons. The largest absolute Gasteiger partial charge is 0.453 e. The number of nitrogens with zero attached hydrogens (tertiary/aromatic N) is 1. The van der Waals surface area contributed by atoms with Crippen LogP contribution in [0.2, 0.25) is 0 Å². The van der Waals surface area contributed by atoms with Gasteiger partial charge in [-0.05, 0) is 36.8 Å². The minimum atomic E-state index is -0.563. The second kappa shape index (κ2) is 7.91. The number of methoxy groups -OCH3 is 1. The van der Waals surface area contributed by atoms with Crippen LogP contribution < -0.4 is 10.6 Å². The van der Waals surface area contributed by atoms with Gasteiger partial charge >= 0.3 is 6.09 Å². The van der Waals surface area contributed by atoms with Crippen molar-refractivity contribution in [3.05, 3.63) is 63.7 Å². The molecule has 0 unspecified atom stereocenters. The molecule has 2 rings (SSSR count). The molecule has 0 aliphatic heterocycles. The van der Waals surface area contributed by atoms with Crippen molar-refractivity contribution in [2.75, 3.05) is 17.7 Å². The number of anilines is 2. The first kappa shape index (κ1) is 17.9. The zero-order valence-electron chi connectivity index (χ0n) is 13.7. The molecule has 25 heavy (non-hydrogen) atoms. The van der Waals surface area contributed by atoms with Crippen LogP contribution in [-0.2, 0) is 11.3 Å². The van der Waals surface area contributed by atoms with E-state index in [-0.39, 0.29) is 17.0 Å². The number of nitrogens with one attached hydrogen (secondary N) is 2. The number of nitro benzene ring substituents is 1. The van der Waals surface area contributed by atoms with E-state index in [4.69, 9.17) is 0 Å². The second-order valence-electron chi connectivity index (χ2n) is 5.21. The lowest BCUT2D eigenvalue weighted by atomic mass is 10.1. The Morgan fingerprint density at radius 3 is 2.40 bits per heavy atom. The van der Waals surface area contributed by atoms with Crippen LogP contribution in [0.4, 0.5) is 21.9 Å². The van der Waals surface area contributed by atoms with Gasteiger partial charge in [-0.1, -0.05) is 12.1 Å². The SMILES string of the molecule is COC(=O)Nc1ccc(CNc2ccc(C(C)=O)cc2[N+](=O)[O-])cc1. The van der Waals surface area contributed by atoms with Gasteiger partial charge in [0, 0.05) is 23.9 Å². The predicted molar refractivity (Wildman–Crippen MR) is 92.9 cm³/mol. The Hall–Kier alpha value is -3.42. The van der Waals surface area contributed by atoms with Crippen LogP contribution in [0.5, 0.6) is 0 Å². The molecule has 0 heterocycles. The highest BCUT2D eigenvalue weighted by atomic mass is 16.6. The summed E-state index contributed by atoms with van der Waals surface area (Å²) in [5, 5.41) is 16.7. The van der Waals surface area contributed by atoms with Crippen LogP contribution in [-0.4, -0.2) is 23.9 Å². The molecule has 0 spiro atoms. The van der Waals surface area contributed by atoms with Crippen LogP contribution in [0.1, 0.15) is 22.8 Å². The fourth-order valence-electron chi connectivity index (χ4n) is 2.12. The smallest absolute Gasteiger partial charge is 0.411 e. The van der Waals surface area contributed by atoms with E-state index in [9.17, 15) is 19.7 Å². The lowest BCUT2D eigenvalue weighted by molar-refractivity contribution is -0.384. The maximum absolute atomic E-state index is 11.4. The average molecular weight is 343 g/mol. The topological polar surface area (TPSA) is 111 Å². The molecule has 0 aromatic heterocycles. The molecule has 0 aliphatic carbocycles. The molecule has 130 valence electrons. The Kier molecular flexibility index (Phi) is 5.67. The molecule has 0 aliphatic rings. The van der Waals surface area contributed by atoms with Gasteiger partial charge in [-0.15, -0.1) is 0 Å². The molecule has 0 saturated heterocycles. The number of rotatable bonds is 6. The summed E-state index contributed by atoms with van der Waals surface area (Å²) in [6.45, 7) is 1.70. The van der Waals surface area contributed by atoms with Crippen molar-refractivity contribution in [1.82, 2.24) is 0 Å². The van der Waals surface area contributed by atoms with E-state index in [1.165, 1.54) is 26.2 Å². The van der Waals surface area contributed by atoms with Gasteiger partial charge in [-0.3, -0.25) is 20.2 Å². The molecule has 0 atom stereocenters. The standard InChI is InChI=1S/C17H17N3O5/c1-11(21)13-5-8-15(16(9-13)20(23)24)18-10-12-3-6-14(7-4-12)19-17(22)25-2/h3-9,18H,10H2,1-2H3,(H,19,22). The third kappa shape index (κ3) is 4.77. The van der Waals surface area contributed by atoms with Crippen LogP contribution in [0.25, 0.3) is 0 Å². The number of Topliss-reactive ketones (excluding diaryl/α,β-unsaturated/α-hetero) is 1. The number of carbonyl (C=O) groups excluding carboxylic acids is 2. The summed E-state index contributed by atoms with van der Waals surface area (Å²) in [6.07, 6.45) is -0.563. The molecule has 8 heteroatoms. The Morgan fingerprint density at radius 2 is 1.84 bits per heavy atom. The number of hydrogen-bond donors (Lipinski definition) is 2. The Balaban J connectivity index is 2.09. The first-order chi connectivity index (χ1) is 11.9. The highest BCUT2D eigenvalue weighted by Gasteiger charge is 2.16. The van der Waals surface area contributed by atoms with Crippen molar-refractivity contribution >= 4 is 28.9 Å². The van der Waals surface area contributed by atoms with E-state index in [1.807, 2.05) is 0 Å². The number of carbonyl (C=O) groups is 2. The quantitative estimate of drug-likeness (QED) is 0.471. The molecule has 0 fully saturated rings. The summed E-state index contributed by atoms with van der Waals surface area (Å²) in [5.74, 6) is -0.233. The van der Waals surface area contributed by atoms with E-state index < -0.39 is 11.0 Å². The van der Waals surface area contributed by atoms with E-state index in [2.05, 4.69) is 15.4 Å². The first-order valence-corrected chi connectivity index (χ1v) is 7.38. The van der Waals surface area contributed by atoms with Gasteiger partial charge in [-0.25, -0.2) is 4.79 Å². The highest BCUT2D eigenvalue weighted by Crippen LogP contribution is 2.26. The molecule has 0 bridgehead atoms. The average Bonchev–Trinajstić information content (AvgIpc) is 2.60.